The van der Waals surface area contributed by atoms with Gasteiger partial charge in [0.2, 0.25) is 0 Å². The molecular formula is C28H42BrN3O6. The fraction of sp³-hybridized carbons (Fsp3) is 0.679. The number of rotatable bonds is 7. The molecule has 1 aromatic carbocycles. The number of ether oxygens (including phenoxy) is 3. The second-order valence-electron chi connectivity index (χ2n) is 11.7. The van der Waals surface area contributed by atoms with Gasteiger partial charge in [0.05, 0.1) is 17.3 Å². The van der Waals surface area contributed by atoms with Gasteiger partial charge in [0.1, 0.15) is 11.4 Å². The topological polar surface area (TPSA) is 88.6 Å². The van der Waals surface area contributed by atoms with E-state index in [4.69, 9.17) is 14.2 Å². The highest BCUT2D eigenvalue weighted by Gasteiger charge is 2.42. The number of hydrogen-bond donors (Lipinski definition) is 0. The maximum atomic E-state index is 14.1. The van der Waals surface area contributed by atoms with Gasteiger partial charge in [0.25, 0.3) is 11.8 Å². The SMILES string of the molecule is COCCCN1C(=O)C(C)(C)Oc2cc(Br)c(C(=O)N(C(C)C)[C@@H]3CCCN(C(=O)OC(C)(C)C)C3)cc21. The molecule has 0 bridgehead atoms. The van der Waals surface area contributed by atoms with Gasteiger partial charge in [-0.25, -0.2) is 4.79 Å². The van der Waals surface area contributed by atoms with Crippen molar-refractivity contribution < 1.29 is 28.6 Å². The summed E-state index contributed by atoms with van der Waals surface area (Å²) in [5.74, 6) is 0.211. The molecule has 1 aromatic rings. The number of piperidine rings is 1. The third kappa shape index (κ3) is 6.81. The van der Waals surface area contributed by atoms with Gasteiger partial charge in [-0.1, -0.05) is 0 Å². The number of hydrogen-bond acceptors (Lipinski definition) is 6. The Morgan fingerprint density at radius 3 is 2.55 bits per heavy atom. The van der Waals surface area contributed by atoms with Gasteiger partial charge in [-0.15, -0.1) is 0 Å². The Labute approximate surface area is 234 Å². The summed E-state index contributed by atoms with van der Waals surface area (Å²) in [5.41, 5.74) is -0.601. The van der Waals surface area contributed by atoms with Crippen molar-refractivity contribution in [3.8, 4) is 5.75 Å². The highest BCUT2D eigenvalue weighted by Crippen LogP contribution is 2.42. The second-order valence-corrected chi connectivity index (χ2v) is 12.6. The average molecular weight is 597 g/mol. The van der Waals surface area contributed by atoms with Gasteiger partial charge in [0.15, 0.2) is 5.60 Å². The molecule has 38 heavy (non-hydrogen) atoms. The number of carbonyl (C=O) groups is 3. The van der Waals surface area contributed by atoms with E-state index in [0.29, 0.717) is 54.1 Å². The number of nitrogens with zero attached hydrogens (tertiary/aromatic N) is 3. The zero-order valence-electron chi connectivity index (χ0n) is 23.9. The number of amides is 3. The predicted molar refractivity (Wildman–Crippen MR) is 150 cm³/mol. The number of anilines is 1. The van der Waals surface area contributed by atoms with Crippen molar-refractivity contribution in [2.45, 2.75) is 91.0 Å². The number of halogens is 1. The first-order valence-corrected chi connectivity index (χ1v) is 14.1. The Balaban J connectivity index is 1.93. The fourth-order valence-corrected chi connectivity index (χ4v) is 5.47. The van der Waals surface area contributed by atoms with Crippen LogP contribution in [-0.4, -0.2) is 84.3 Å². The number of methoxy groups -OCH3 is 1. The Morgan fingerprint density at radius 2 is 1.95 bits per heavy atom. The van der Waals surface area contributed by atoms with Crippen LogP contribution in [0, 0.1) is 0 Å². The summed E-state index contributed by atoms with van der Waals surface area (Å²) in [6, 6.07) is 3.24. The Morgan fingerprint density at radius 1 is 1.26 bits per heavy atom. The maximum absolute atomic E-state index is 14.1. The molecule has 212 valence electrons. The van der Waals surface area contributed by atoms with Gasteiger partial charge in [0, 0.05) is 43.9 Å². The van der Waals surface area contributed by atoms with Crippen LogP contribution >= 0.6 is 15.9 Å². The minimum absolute atomic E-state index is 0.108. The number of fused-ring (bicyclic) bond motifs is 1. The summed E-state index contributed by atoms with van der Waals surface area (Å²) in [7, 11) is 1.63. The average Bonchev–Trinajstić information content (AvgIpc) is 2.80. The molecular weight excluding hydrogens is 554 g/mol. The molecule has 0 radical (unpaired) electrons. The Hall–Kier alpha value is -2.33. The lowest BCUT2D eigenvalue weighted by molar-refractivity contribution is -0.132. The minimum atomic E-state index is -1.03. The summed E-state index contributed by atoms with van der Waals surface area (Å²) in [6.45, 7) is 14.9. The van der Waals surface area contributed by atoms with Crippen LogP contribution in [0.15, 0.2) is 16.6 Å². The summed E-state index contributed by atoms with van der Waals surface area (Å²) in [6.07, 6.45) is 1.84. The molecule has 1 atom stereocenters. The van der Waals surface area contributed by atoms with Crippen molar-refractivity contribution in [1.82, 2.24) is 9.80 Å². The van der Waals surface area contributed by atoms with Crippen LogP contribution in [0.2, 0.25) is 0 Å². The quantitative estimate of drug-likeness (QED) is 0.400. The van der Waals surface area contributed by atoms with E-state index >= 15 is 0 Å². The lowest BCUT2D eigenvalue weighted by Gasteiger charge is -2.42. The smallest absolute Gasteiger partial charge is 0.410 e. The van der Waals surface area contributed by atoms with E-state index in [-0.39, 0.29) is 30.0 Å². The van der Waals surface area contributed by atoms with Crippen LogP contribution in [0.3, 0.4) is 0 Å². The highest BCUT2D eigenvalue weighted by molar-refractivity contribution is 9.10. The number of likely N-dealkylation sites (tertiary alicyclic amines) is 1. The maximum Gasteiger partial charge on any atom is 0.410 e. The predicted octanol–water partition coefficient (Wildman–Crippen LogP) is 5.24. The van der Waals surface area contributed by atoms with Crippen LogP contribution in [0.4, 0.5) is 10.5 Å². The molecule has 0 aromatic heterocycles. The molecule has 0 N–H and O–H groups in total. The van der Waals surface area contributed by atoms with Crippen molar-refractivity contribution in [1.29, 1.82) is 0 Å². The van der Waals surface area contributed by atoms with E-state index in [1.807, 2.05) is 39.5 Å². The Kier molecular flexibility index (Phi) is 9.40. The summed E-state index contributed by atoms with van der Waals surface area (Å²) < 4.78 is 17.4. The summed E-state index contributed by atoms with van der Waals surface area (Å²) in [5, 5.41) is 0. The Bertz CT molecular complexity index is 1050. The summed E-state index contributed by atoms with van der Waals surface area (Å²) in [4.78, 5) is 45.3. The zero-order valence-corrected chi connectivity index (χ0v) is 25.5. The standard InChI is InChI=1S/C28H42BrN3O6/c1-18(2)32(19-11-9-12-30(17-19)26(35)38-27(3,4)5)24(33)20-15-22-23(16-21(20)29)37-28(6,7)25(34)31(22)13-10-14-36-8/h15-16,18-19H,9-14,17H2,1-8H3/t19-/m1/s1. The molecule has 3 amide bonds. The van der Waals surface area contributed by atoms with Gasteiger partial charge in [-0.3, -0.25) is 9.59 Å². The van der Waals surface area contributed by atoms with E-state index in [0.717, 1.165) is 12.8 Å². The fourth-order valence-electron chi connectivity index (χ4n) is 4.98. The van der Waals surface area contributed by atoms with Gasteiger partial charge < -0.3 is 28.9 Å². The zero-order chi connectivity index (χ0) is 28.4. The van der Waals surface area contributed by atoms with Crippen LogP contribution in [0.5, 0.6) is 5.75 Å². The lowest BCUT2D eigenvalue weighted by Crippen LogP contribution is -2.55. The van der Waals surface area contributed by atoms with Crippen LogP contribution in [0.25, 0.3) is 0 Å². The first-order chi connectivity index (χ1) is 17.7. The molecule has 0 unspecified atom stereocenters. The molecule has 0 spiro atoms. The molecule has 2 aliphatic heterocycles. The first kappa shape index (κ1) is 30.2. The largest absolute Gasteiger partial charge is 0.476 e. The number of benzene rings is 1. The van der Waals surface area contributed by atoms with Gasteiger partial charge in [-0.05, 0) is 95.8 Å². The van der Waals surface area contributed by atoms with Crippen LogP contribution < -0.4 is 9.64 Å². The molecule has 9 nitrogen and oxygen atoms in total. The van der Waals surface area contributed by atoms with E-state index in [2.05, 4.69) is 15.9 Å². The van der Waals surface area contributed by atoms with Crippen LogP contribution in [0.1, 0.15) is 78.1 Å². The highest BCUT2D eigenvalue weighted by atomic mass is 79.9. The van der Waals surface area contributed by atoms with Crippen LogP contribution in [-0.2, 0) is 14.3 Å². The second kappa shape index (κ2) is 11.8. The molecule has 10 heteroatoms. The van der Waals surface area contributed by atoms with Crippen molar-refractivity contribution in [2.24, 2.45) is 0 Å². The normalized spacial score (nSPS) is 19.2. The molecule has 0 aliphatic carbocycles. The van der Waals surface area contributed by atoms with E-state index < -0.39 is 11.2 Å². The van der Waals surface area contributed by atoms with Gasteiger partial charge in [-0.2, -0.15) is 0 Å². The van der Waals surface area contributed by atoms with Gasteiger partial charge >= 0.3 is 6.09 Å². The number of carbonyl (C=O) groups excluding carboxylic acids is 3. The van der Waals surface area contributed by atoms with Crippen molar-refractivity contribution in [2.75, 3.05) is 38.3 Å². The molecule has 1 saturated heterocycles. The molecule has 1 fully saturated rings. The molecule has 3 rings (SSSR count). The van der Waals surface area contributed by atoms with E-state index in [1.54, 1.807) is 42.9 Å². The molecule has 0 saturated carbocycles. The van der Waals surface area contributed by atoms with Crippen molar-refractivity contribution >= 4 is 39.5 Å². The van der Waals surface area contributed by atoms with E-state index in [1.165, 1.54) is 0 Å². The van der Waals surface area contributed by atoms with E-state index in [9.17, 15) is 14.4 Å². The first-order valence-electron chi connectivity index (χ1n) is 13.3. The third-order valence-corrected chi connectivity index (χ3v) is 7.31. The lowest BCUT2D eigenvalue weighted by atomic mass is 9.99. The van der Waals surface area contributed by atoms with Crippen molar-refractivity contribution in [3.05, 3.63) is 22.2 Å². The summed E-state index contributed by atoms with van der Waals surface area (Å²) >= 11 is 3.59. The van der Waals surface area contributed by atoms with Crippen molar-refractivity contribution in [3.63, 3.8) is 0 Å². The molecule has 2 aliphatic rings. The molecule has 2 heterocycles. The monoisotopic (exact) mass is 595 g/mol. The third-order valence-electron chi connectivity index (χ3n) is 6.66. The minimum Gasteiger partial charge on any atom is -0.476 e.